The van der Waals surface area contributed by atoms with Gasteiger partial charge in [0.2, 0.25) is 5.43 Å². The second-order valence-electron chi connectivity index (χ2n) is 6.40. The number of nitrogens with zero attached hydrogens (tertiary/aromatic N) is 1. The van der Waals surface area contributed by atoms with Crippen LogP contribution < -0.4 is 10.2 Å². The molecule has 1 aliphatic heterocycles. The number of hydrogen-bond donors (Lipinski definition) is 0. The van der Waals surface area contributed by atoms with E-state index in [-0.39, 0.29) is 5.43 Å². The molecule has 4 heteroatoms. The zero-order chi connectivity index (χ0) is 16.5. The van der Waals surface area contributed by atoms with Crippen molar-refractivity contribution in [3.63, 3.8) is 0 Å². The van der Waals surface area contributed by atoms with Crippen molar-refractivity contribution < 1.29 is 9.15 Å². The van der Waals surface area contributed by atoms with Gasteiger partial charge in [-0.15, -0.1) is 0 Å². The highest BCUT2D eigenvalue weighted by molar-refractivity contribution is 5.93. The van der Waals surface area contributed by atoms with Crippen LogP contribution in [0, 0.1) is 0 Å². The number of hydrogen-bond acceptors (Lipinski definition) is 4. The van der Waals surface area contributed by atoms with Gasteiger partial charge in [-0.05, 0) is 44.1 Å². The lowest BCUT2D eigenvalue weighted by Crippen LogP contribution is -2.29. The molecule has 4 nitrogen and oxygen atoms in total. The van der Waals surface area contributed by atoms with Crippen molar-refractivity contribution in [3.05, 3.63) is 52.2 Å². The first-order chi connectivity index (χ1) is 11.8. The molecule has 1 saturated heterocycles. The van der Waals surface area contributed by atoms with Crippen molar-refractivity contribution in [2.75, 3.05) is 20.2 Å². The Bertz CT molecular complexity index is 939. The lowest BCUT2D eigenvalue weighted by molar-refractivity contribution is 0.218. The van der Waals surface area contributed by atoms with E-state index in [0.717, 1.165) is 25.2 Å². The van der Waals surface area contributed by atoms with Crippen molar-refractivity contribution >= 4 is 21.9 Å². The van der Waals surface area contributed by atoms with Crippen LogP contribution in [0.3, 0.4) is 0 Å². The monoisotopic (exact) mass is 323 g/mol. The normalized spacial score (nSPS) is 15.9. The SMILES string of the molecule is COc1c(CN2CCCCC2)ccc2c(=O)c3ccccc3oc12. The Kier molecular flexibility index (Phi) is 3.98. The molecular weight excluding hydrogens is 302 g/mol. The molecule has 124 valence electrons. The molecule has 3 aromatic rings. The van der Waals surface area contributed by atoms with E-state index in [0.29, 0.717) is 27.7 Å². The Hall–Kier alpha value is -2.33. The Labute approximate surface area is 140 Å². The fraction of sp³-hybridized carbons (Fsp3) is 0.350. The summed E-state index contributed by atoms with van der Waals surface area (Å²) in [4.78, 5) is 15.2. The summed E-state index contributed by atoms with van der Waals surface area (Å²) in [5.41, 5.74) is 2.22. The highest BCUT2D eigenvalue weighted by atomic mass is 16.5. The van der Waals surface area contributed by atoms with Gasteiger partial charge in [-0.2, -0.15) is 0 Å². The van der Waals surface area contributed by atoms with Gasteiger partial charge < -0.3 is 9.15 Å². The van der Waals surface area contributed by atoms with Gasteiger partial charge in [0.05, 0.1) is 17.9 Å². The number of rotatable bonds is 3. The van der Waals surface area contributed by atoms with Crippen LogP contribution in [0.4, 0.5) is 0 Å². The second-order valence-corrected chi connectivity index (χ2v) is 6.40. The molecule has 1 aromatic heterocycles. The molecule has 4 rings (SSSR count). The molecule has 0 spiro atoms. The molecule has 0 aliphatic carbocycles. The summed E-state index contributed by atoms with van der Waals surface area (Å²) in [7, 11) is 1.64. The number of ether oxygens (including phenoxy) is 1. The zero-order valence-corrected chi connectivity index (χ0v) is 13.9. The number of likely N-dealkylation sites (tertiary alicyclic amines) is 1. The van der Waals surface area contributed by atoms with Gasteiger partial charge in [0.25, 0.3) is 0 Å². The first-order valence-corrected chi connectivity index (χ1v) is 8.52. The van der Waals surface area contributed by atoms with E-state index in [1.54, 1.807) is 13.2 Å². The summed E-state index contributed by atoms with van der Waals surface area (Å²) >= 11 is 0. The van der Waals surface area contributed by atoms with Crippen LogP contribution in [0.25, 0.3) is 21.9 Å². The molecule has 0 bridgehead atoms. The van der Waals surface area contributed by atoms with E-state index in [1.165, 1.54) is 19.3 Å². The first kappa shape index (κ1) is 15.2. The van der Waals surface area contributed by atoms with Gasteiger partial charge in [-0.25, -0.2) is 0 Å². The average molecular weight is 323 g/mol. The molecule has 0 amide bonds. The third kappa shape index (κ3) is 2.57. The fourth-order valence-corrected chi connectivity index (χ4v) is 3.59. The molecule has 0 saturated carbocycles. The van der Waals surface area contributed by atoms with E-state index in [1.807, 2.05) is 30.3 Å². The standard InChI is InChI=1S/C20H21NO3/c1-23-19-14(13-21-11-5-2-6-12-21)9-10-16-18(22)15-7-3-4-8-17(15)24-20(16)19/h3-4,7-10H,2,5-6,11-13H2,1H3. The van der Waals surface area contributed by atoms with Crippen molar-refractivity contribution in [1.82, 2.24) is 4.90 Å². The number of benzene rings is 2. The molecule has 24 heavy (non-hydrogen) atoms. The number of para-hydroxylation sites is 1. The maximum atomic E-state index is 12.7. The Morgan fingerprint density at radius 3 is 2.62 bits per heavy atom. The van der Waals surface area contributed by atoms with Gasteiger partial charge >= 0.3 is 0 Å². The lowest BCUT2D eigenvalue weighted by atomic mass is 10.1. The molecule has 0 atom stereocenters. The minimum Gasteiger partial charge on any atom is -0.492 e. The Morgan fingerprint density at radius 1 is 1.04 bits per heavy atom. The first-order valence-electron chi connectivity index (χ1n) is 8.52. The summed E-state index contributed by atoms with van der Waals surface area (Å²) in [6, 6.07) is 11.2. The summed E-state index contributed by atoms with van der Waals surface area (Å²) in [5, 5.41) is 1.18. The second kappa shape index (κ2) is 6.29. The maximum Gasteiger partial charge on any atom is 0.200 e. The van der Waals surface area contributed by atoms with Crippen molar-refractivity contribution in [2.24, 2.45) is 0 Å². The summed E-state index contributed by atoms with van der Waals surface area (Å²) in [5.74, 6) is 0.681. The molecule has 2 aromatic carbocycles. The predicted molar refractivity (Wildman–Crippen MR) is 95.7 cm³/mol. The van der Waals surface area contributed by atoms with E-state index < -0.39 is 0 Å². The molecule has 2 heterocycles. The van der Waals surface area contributed by atoms with Crippen LogP contribution in [-0.2, 0) is 6.54 Å². The Morgan fingerprint density at radius 2 is 1.83 bits per heavy atom. The predicted octanol–water partition coefficient (Wildman–Crippen LogP) is 3.94. The highest BCUT2D eigenvalue weighted by Gasteiger charge is 2.18. The van der Waals surface area contributed by atoms with Crippen LogP contribution in [0.2, 0.25) is 0 Å². The average Bonchev–Trinajstić information content (AvgIpc) is 2.63. The Balaban J connectivity index is 1.87. The summed E-state index contributed by atoms with van der Waals surface area (Å²) in [6.45, 7) is 3.06. The van der Waals surface area contributed by atoms with Crippen LogP contribution in [-0.4, -0.2) is 25.1 Å². The molecule has 0 N–H and O–H groups in total. The number of fused-ring (bicyclic) bond motifs is 2. The lowest BCUT2D eigenvalue weighted by Gasteiger charge is -2.27. The molecule has 0 unspecified atom stereocenters. The molecule has 0 radical (unpaired) electrons. The van der Waals surface area contributed by atoms with E-state index in [2.05, 4.69) is 4.90 Å². The van der Waals surface area contributed by atoms with Crippen LogP contribution in [0.1, 0.15) is 24.8 Å². The van der Waals surface area contributed by atoms with Gasteiger partial charge in [0, 0.05) is 12.1 Å². The summed E-state index contributed by atoms with van der Waals surface area (Å²) < 4.78 is 11.7. The fourth-order valence-electron chi connectivity index (χ4n) is 3.59. The van der Waals surface area contributed by atoms with E-state index >= 15 is 0 Å². The van der Waals surface area contributed by atoms with E-state index in [4.69, 9.17) is 9.15 Å². The van der Waals surface area contributed by atoms with Gasteiger partial charge in [-0.1, -0.05) is 24.6 Å². The van der Waals surface area contributed by atoms with Gasteiger partial charge in [-0.3, -0.25) is 9.69 Å². The largest absolute Gasteiger partial charge is 0.492 e. The molecule has 1 aliphatic rings. The third-order valence-electron chi connectivity index (χ3n) is 4.83. The van der Waals surface area contributed by atoms with Crippen molar-refractivity contribution in [3.8, 4) is 5.75 Å². The van der Waals surface area contributed by atoms with Crippen molar-refractivity contribution in [2.45, 2.75) is 25.8 Å². The third-order valence-corrected chi connectivity index (χ3v) is 4.83. The minimum absolute atomic E-state index is 0.00493. The smallest absolute Gasteiger partial charge is 0.200 e. The number of piperidine rings is 1. The summed E-state index contributed by atoms with van der Waals surface area (Å²) in [6.07, 6.45) is 3.80. The van der Waals surface area contributed by atoms with Gasteiger partial charge in [0.1, 0.15) is 5.58 Å². The highest BCUT2D eigenvalue weighted by Crippen LogP contribution is 2.32. The zero-order valence-electron chi connectivity index (χ0n) is 13.9. The van der Waals surface area contributed by atoms with Gasteiger partial charge in [0.15, 0.2) is 11.3 Å². The van der Waals surface area contributed by atoms with Crippen LogP contribution >= 0.6 is 0 Å². The topological polar surface area (TPSA) is 42.7 Å². The minimum atomic E-state index is -0.00493. The maximum absolute atomic E-state index is 12.7. The molecular formula is C20H21NO3. The van der Waals surface area contributed by atoms with Crippen LogP contribution in [0.15, 0.2) is 45.6 Å². The molecule has 1 fully saturated rings. The van der Waals surface area contributed by atoms with Crippen molar-refractivity contribution in [1.29, 1.82) is 0 Å². The van der Waals surface area contributed by atoms with E-state index in [9.17, 15) is 4.79 Å². The quantitative estimate of drug-likeness (QED) is 0.685. The number of methoxy groups -OCH3 is 1. The van der Waals surface area contributed by atoms with Crippen LogP contribution in [0.5, 0.6) is 5.75 Å².